The van der Waals surface area contributed by atoms with E-state index in [2.05, 4.69) is 5.48 Å². The highest BCUT2D eigenvalue weighted by molar-refractivity contribution is 5.80. The van der Waals surface area contributed by atoms with Gasteiger partial charge in [-0.25, -0.2) is 5.48 Å². The fourth-order valence-electron chi connectivity index (χ4n) is 2.20. The summed E-state index contributed by atoms with van der Waals surface area (Å²) in [7, 11) is 0. The summed E-state index contributed by atoms with van der Waals surface area (Å²) >= 11 is 0. The predicted octanol–water partition coefficient (Wildman–Crippen LogP) is 1.25. The quantitative estimate of drug-likeness (QED) is 0.699. The standard InChI is InChI=1S/C14H20N2O3/c15-13(9-10-5-7-11(17)8-6-10)14(18)16-19-12-3-1-2-4-12/h5-8,12-13,17H,1-4,9,15H2,(H,16,18). The minimum atomic E-state index is -0.647. The van der Waals surface area contributed by atoms with Crippen LogP contribution in [0.3, 0.4) is 0 Å². The molecule has 104 valence electrons. The van der Waals surface area contributed by atoms with Crippen LogP contribution in [0.25, 0.3) is 0 Å². The van der Waals surface area contributed by atoms with Crippen LogP contribution < -0.4 is 11.2 Å². The molecule has 1 saturated carbocycles. The molecule has 0 aliphatic heterocycles. The minimum Gasteiger partial charge on any atom is -0.508 e. The van der Waals surface area contributed by atoms with Gasteiger partial charge in [0.1, 0.15) is 5.75 Å². The van der Waals surface area contributed by atoms with Crippen LogP contribution in [-0.4, -0.2) is 23.2 Å². The van der Waals surface area contributed by atoms with Gasteiger partial charge in [0.2, 0.25) is 0 Å². The molecule has 1 atom stereocenters. The smallest absolute Gasteiger partial charge is 0.260 e. The molecular weight excluding hydrogens is 244 g/mol. The molecule has 19 heavy (non-hydrogen) atoms. The molecule has 1 aliphatic carbocycles. The summed E-state index contributed by atoms with van der Waals surface area (Å²) in [6.07, 6.45) is 4.84. The Morgan fingerprint density at radius 1 is 1.37 bits per heavy atom. The van der Waals surface area contributed by atoms with E-state index in [0.29, 0.717) is 6.42 Å². The zero-order chi connectivity index (χ0) is 13.7. The maximum absolute atomic E-state index is 11.8. The van der Waals surface area contributed by atoms with Gasteiger partial charge in [-0.15, -0.1) is 0 Å². The lowest BCUT2D eigenvalue weighted by Crippen LogP contribution is -2.43. The maximum Gasteiger partial charge on any atom is 0.260 e. The molecule has 5 heteroatoms. The van der Waals surface area contributed by atoms with E-state index in [1.165, 1.54) is 0 Å². The van der Waals surface area contributed by atoms with E-state index in [4.69, 9.17) is 10.6 Å². The fraction of sp³-hybridized carbons (Fsp3) is 0.500. The van der Waals surface area contributed by atoms with Gasteiger partial charge in [-0.05, 0) is 37.0 Å². The summed E-state index contributed by atoms with van der Waals surface area (Å²) in [4.78, 5) is 17.1. The SMILES string of the molecule is NC(Cc1ccc(O)cc1)C(=O)NOC1CCCC1. The van der Waals surface area contributed by atoms with Crippen molar-refractivity contribution in [2.75, 3.05) is 0 Å². The first-order valence-electron chi connectivity index (χ1n) is 6.64. The van der Waals surface area contributed by atoms with Crippen molar-refractivity contribution in [3.8, 4) is 5.75 Å². The van der Waals surface area contributed by atoms with Crippen molar-refractivity contribution in [3.63, 3.8) is 0 Å². The highest BCUT2D eigenvalue weighted by atomic mass is 16.7. The van der Waals surface area contributed by atoms with Crippen molar-refractivity contribution in [2.24, 2.45) is 5.73 Å². The van der Waals surface area contributed by atoms with Crippen LogP contribution >= 0.6 is 0 Å². The van der Waals surface area contributed by atoms with Crippen LogP contribution in [-0.2, 0) is 16.1 Å². The van der Waals surface area contributed by atoms with Crippen LogP contribution in [0.15, 0.2) is 24.3 Å². The topological polar surface area (TPSA) is 84.6 Å². The molecule has 2 rings (SSSR count). The number of hydrogen-bond donors (Lipinski definition) is 3. The summed E-state index contributed by atoms with van der Waals surface area (Å²) in [6.45, 7) is 0. The first-order chi connectivity index (χ1) is 9.15. The van der Waals surface area contributed by atoms with Gasteiger partial charge in [0.25, 0.3) is 5.91 Å². The Labute approximate surface area is 112 Å². The molecule has 0 radical (unpaired) electrons. The summed E-state index contributed by atoms with van der Waals surface area (Å²) in [5, 5.41) is 9.17. The Morgan fingerprint density at radius 2 is 2.00 bits per heavy atom. The number of hydroxylamine groups is 1. The third-order valence-electron chi connectivity index (χ3n) is 3.36. The highest BCUT2D eigenvalue weighted by Gasteiger charge is 2.19. The number of nitrogens with one attached hydrogen (secondary N) is 1. The molecule has 0 spiro atoms. The van der Waals surface area contributed by atoms with E-state index in [-0.39, 0.29) is 17.8 Å². The van der Waals surface area contributed by atoms with Crippen molar-refractivity contribution in [1.82, 2.24) is 5.48 Å². The molecule has 1 aromatic rings. The van der Waals surface area contributed by atoms with Gasteiger partial charge in [0.15, 0.2) is 0 Å². The number of amides is 1. The van der Waals surface area contributed by atoms with Gasteiger partial charge in [0, 0.05) is 0 Å². The van der Waals surface area contributed by atoms with E-state index in [1.54, 1.807) is 24.3 Å². The molecule has 1 aliphatic rings. The van der Waals surface area contributed by atoms with Gasteiger partial charge < -0.3 is 10.8 Å². The van der Waals surface area contributed by atoms with Crippen LogP contribution in [0.4, 0.5) is 0 Å². The number of benzene rings is 1. The Bertz CT molecular complexity index is 413. The van der Waals surface area contributed by atoms with Crippen LogP contribution in [0.2, 0.25) is 0 Å². The molecule has 0 heterocycles. The van der Waals surface area contributed by atoms with E-state index in [9.17, 15) is 9.90 Å². The van der Waals surface area contributed by atoms with Crippen molar-refractivity contribution in [2.45, 2.75) is 44.2 Å². The van der Waals surface area contributed by atoms with Crippen LogP contribution in [0.1, 0.15) is 31.2 Å². The molecule has 0 aromatic heterocycles. The molecule has 0 saturated heterocycles. The first-order valence-corrected chi connectivity index (χ1v) is 6.64. The summed E-state index contributed by atoms with van der Waals surface area (Å²) in [5.74, 6) is -0.105. The molecule has 1 aromatic carbocycles. The second kappa shape index (κ2) is 6.54. The average Bonchev–Trinajstić information content (AvgIpc) is 2.91. The predicted molar refractivity (Wildman–Crippen MR) is 71.3 cm³/mol. The lowest BCUT2D eigenvalue weighted by atomic mass is 10.1. The van der Waals surface area contributed by atoms with Gasteiger partial charge >= 0.3 is 0 Å². The second-order valence-corrected chi connectivity index (χ2v) is 4.97. The molecule has 5 nitrogen and oxygen atoms in total. The minimum absolute atomic E-state index is 0.129. The molecule has 1 fully saturated rings. The number of carbonyl (C=O) groups excluding carboxylic acids is 1. The highest BCUT2D eigenvalue weighted by Crippen LogP contribution is 2.19. The molecular formula is C14H20N2O3. The number of phenols is 1. The first kappa shape index (κ1) is 13.8. The number of aromatic hydroxyl groups is 1. The zero-order valence-electron chi connectivity index (χ0n) is 10.8. The number of carbonyl (C=O) groups is 1. The average molecular weight is 264 g/mol. The van der Waals surface area contributed by atoms with Gasteiger partial charge in [0.05, 0.1) is 12.1 Å². The molecule has 0 bridgehead atoms. The Morgan fingerprint density at radius 3 is 2.63 bits per heavy atom. The summed E-state index contributed by atoms with van der Waals surface area (Å²) < 4.78 is 0. The van der Waals surface area contributed by atoms with E-state index >= 15 is 0 Å². The second-order valence-electron chi connectivity index (χ2n) is 4.97. The number of phenolic OH excluding ortho intramolecular Hbond substituents is 1. The van der Waals surface area contributed by atoms with E-state index < -0.39 is 6.04 Å². The van der Waals surface area contributed by atoms with Crippen molar-refractivity contribution in [3.05, 3.63) is 29.8 Å². The van der Waals surface area contributed by atoms with Gasteiger partial charge in [-0.2, -0.15) is 0 Å². The third kappa shape index (κ3) is 4.22. The van der Waals surface area contributed by atoms with Crippen LogP contribution in [0, 0.1) is 0 Å². The monoisotopic (exact) mass is 264 g/mol. The lowest BCUT2D eigenvalue weighted by molar-refractivity contribution is -0.139. The largest absolute Gasteiger partial charge is 0.508 e. The Hall–Kier alpha value is -1.59. The number of nitrogens with two attached hydrogens (primary N) is 1. The Balaban J connectivity index is 1.76. The molecule has 1 unspecified atom stereocenters. The van der Waals surface area contributed by atoms with Crippen LogP contribution in [0.5, 0.6) is 5.75 Å². The van der Waals surface area contributed by atoms with Crippen molar-refractivity contribution < 1.29 is 14.7 Å². The zero-order valence-corrected chi connectivity index (χ0v) is 10.8. The summed E-state index contributed by atoms with van der Waals surface area (Å²) in [5.41, 5.74) is 9.16. The molecule has 4 N–H and O–H groups in total. The van der Waals surface area contributed by atoms with Gasteiger partial charge in [-0.1, -0.05) is 25.0 Å². The van der Waals surface area contributed by atoms with E-state index in [1.807, 2.05) is 0 Å². The summed E-state index contributed by atoms with van der Waals surface area (Å²) in [6, 6.07) is 6.01. The van der Waals surface area contributed by atoms with E-state index in [0.717, 1.165) is 31.2 Å². The van der Waals surface area contributed by atoms with Crippen molar-refractivity contribution in [1.29, 1.82) is 0 Å². The maximum atomic E-state index is 11.8. The fourth-order valence-corrected chi connectivity index (χ4v) is 2.20. The lowest BCUT2D eigenvalue weighted by Gasteiger charge is -2.15. The molecule has 1 amide bonds. The number of rotatable bonds is 5. The van der Waals surface area contributed by atoms with Crippen molar-refractivity contribution >= 4 is 5.91 Å². The normalized spacial score (nSPS) is 17.3. The third-order valence-corrected chi connectivity index (χ3v) is 3.36. The number of hydrogen-bond acceptors (Lipinski definition) is 4. The van der Waals surface area contributed by atoms with Gasteiger partial charge in [-0.3, -0.25) is 9.63 Å². The Kier molecular flexibility index (Phi) is 4.76.